The monoisotopic (exact) mass is 254 g/mol. The van der Waals surface area contributed by atoms with Gasteiger partial charge in [0.1, 0.15) is 0 Å². The fraction of sp³-hybridized carbons (Fsp3) is 0.583. The lowest BCUT2D eigenvalue weighted by Crippen LogP contribution is -2.56. The third kappa shape index (κ3) is 2.86. The van der Waals surface area contributed by atoms with Gasteiger partial charge in [0, 0.05) is 19.8 Å². The third-order valence-electron chi connectivity index (χ3n) is 3.24. The second kappa shape index (κ2) is 5.16. The number of carbonyl (C=O) groups excluding carboxylic acids is 1. The molecule has 17 heavy (non-hydrogen) atoms. The molecule has 94 valence electrons. The number of thiophene rings is 1. The van der Waals surface area contributed by atoms with Crippen LogP contribution in [0.15, 0.2) is 10.8 Å². The van der Waals surface area contributed by atoms with Gasteiger partial charge in [-0.1, -0.05) is 0 Å². The van der Waals surface area contributed by atoms with Gasteiger partial charge in [0.25, 0.3) is 0 Å². The van der Waals surface area contributed by atoms with E-state index in [9.17, 15) is 4.79 Å². The van der Waals surface area contributed by atoms with Crippen molar-refractivity contribution in [3.05, 3.63) is 21.9 Å². The van der Waals surface area contributed by atoms with Gasteiger partial charge in [0.15, 0.2) is 0 Å². The molecule has 0 aromatic carbocycles. The minimum atomic E-state index is -0.748. The van der Waals surface area contributed by atoms with Crippen LogP contribution in [0.5, 0.6) is 0 Å². The summed E-state index contributed by atoms with van der Waals surface area (Å²) in [6.07, 6.45) is 1.20. The smallest absolute Gasteiger partial charge is 0.240 e. The van der Waals surface area contributed by atoms with Gasteiger partial charge in [0.2, 0.25) is 5.91 Å². The number of aryl methyl sites for hydroxylation is 1. The van der Waals surface area contributed by atoms with Crippen LogP contribution in [0.1, 0.15) is 24.0 Å². The lowest BCUT2D eigenvalue weighted by atomic mass is 9.90. The second-order valence-corrected chi connectivity index (χ2v) is 5.27. The predicted molar refractivity (Wildman–Crippen MR) is 67.9 cm³/mol. The zero-order valence-electron chi connectivity index (χ0n) is 9.99. The maximum absolute atomic E-state index is 12.0. The normalized spacial score (nSPS) is 18.9. The van der Waals surface area contributed by atoms with Crippen molar-refractivity contribution in [2.24, 2.45) is 5.73 Å². The van der Waals surface area contributed by atoms with Gasteiger partial charge in [-0.25, -0.2) is 0 Å². The Morgan fingerprint density at radius 3 is 2.82 bits per heavy atom. The van der Waals surface area contributed by atoms with Crippen LogP contribution < -0.4 is 11.1 Å². The highest BCUT2D eigenvalue weighted by Gasteiger charge is 2.35. The molecular formula is C12H18N2O2S. The van der Waals surface area contributed by atoms with E-state index in [4.69, 9.17) is 10.5 Å². The molecule has 2 rings (SSSR count). The van der Waals surface area contributed by atoms with Crippen molar-refractivity contribution in [1.82, 2.24) is 5.32 Å². The van der Waals surface area contributed by atoms with Gasteiger partial charge in [-0.15, -0.1) is 0 Å². The largest absolute Gasteiger partial charge is 0.381 e. The van der Waals surface area contributed by atoms with E-state index in [2.05, 4.69) is 16.1 Å². The van der Waals surface area contributed by atoms with E-state index < -0.39 is 5.54 Å². The average molecular weight is 254 g/mol. The molecule has 1 aliphatic heterocycles. The molecule has 0 atom stereocenters. The van der Waals surface area contributed by atoms with E-state index >= 15 is 0 Å². The highest BCUT2D eigenvalue weighted by atomic mass is 32.1. The van der Waals surface area contributed by atoms with Gasteiger partial charge in [-0.2, -0.15) is 11.3 Å². The summed E-state index contributed by atoms with van der Waals surface area (Å²) < 4.78 is 5.23. The van der Waals surface area contributed by atoms with Crippen LogP contribution in [0, 0.1) is 6.92 Å². The quantitative estimate of drug-likeness (QED) is 0.851. The van der Waals surface area contributed by atoms with E-state index in [1.165, 1.54) is 11.1 Å². The molecule has 1 amide bonds. The molecule has 0 bridgehead atoms. The van der Waals surface area contributed by atoms with Crippen LogP contribution in [-0.2, 0) is 16.1 Å². The first-order valence-corrected chi connectivity index (χ1v) is 6.73. The maximum Gasteiger partial charge on any atom is 0.240 e. The first-order chi connectivity index (χ1) is 8.12. The van der Waals surface area contributed by atoms with E-state index in [-0.39, 0.29) is 5.91 Å². The van der Waals surface area contributed by atoms with Crippen molar-refractivity contribution >= 4 is 17.2 Å². The summed E-state index contributed by atoms with van der Waals surface area (Å²) in [7, 11) is 0. The third-order valence-corrected chi connectivity index (χ3v) is 4.15. The number of rotatable bonds is 3. The van der Waals surface area contributed by atoms with Crippen molar-refractivity contribution < 1.29 is 9.53 Å². The summed E-state index contributed by atoms with van der Waals surface area (Å²) in [5, 5.41) is 7.06. The Kier molecular flexibility index (Phi) is 3.81. The molecule has 4 nitrogen and oxygen atoms in total. The van der Waals surface area contributed by atoms with Crippen molar-refractivity contribution in [3.63, 3.8) is 0 Å². The number of ether oxygens (including phenoxy) is 1. The SMILES string of the molecule is Cc1cscc1CNC(=O)C1(N)CCOCC1. The fourth-order valence-corrected chi connectivity index (χ4v) is 2.74. The molecule has 2 heterocycles. The zero-order valence-corrected chi connectivity index (χ0v) is 10.8. The van der Waals surface area contributed by atoms with Gasteiger partial charge >= 0.3 is 0 Å². The van der Waals surface area contributed by atoms with E-state index in [1.54, 1.807) is 11.3 Å². The van der Waals surface area contributed by atoms with Crippen LogP contribution >= 0.6 is 11.3 Å². The Bertz CT molecular complexity index is 397. The minimum absolute atomic E-state index is 0.0635. The van der Waals surface area contributed by atoms with Gasteiger partial charge < -0.3 is 15.8 Å². The van der Waals surface area contributed by atoms with E-state index in [0.29, 0.717) is 32.6 Å². The van der Waals surface area contributed by atoms with Gasteiger partial charge in [-0.3, -0.25) is 4.79 Å². The predicted octanol–water partition coefficient (Wildman–Crippen LogP) is 1.18. The lowest BCUT2D eigenvalue weighted by Gasteiger charge is -2.31. The van der Waals surface area contributed by atoms with Crippen LogP contribution in [0.4, 0.5) is 0 Å². The molecule has 1 saturated heterocycles. The lowest BCUT2D eigenvalue weighted by molar-refractivity contribution is -0.129. The Morgan fingerprint density at radius 1 is 1.53 bits per heavy atom. The van der Waals surface area contributed by atoms with Crippen molar-refractivity contribution in [2.45, 2.75) is 31.8 Å². The average Bonchev–Trinajstić information content (AvgIpc) is 2.73. The van der Waals surface area contributed by atoms with Crippen molar-refractivity contribution in [2.75, 3.05) is 13.2 Å². The highest BCUT2D eigenvalue weighted by molar-refractivity contribution is 7.08. The van der Waals surface area contributed by atoms with Crippen LogP contribution in [-0.4, -0.2) is 24.7 Å². The molecule has 1 fully saturated rings. The summed E-state index contributed by atoms with van der Waals surface area (Å²) >= 11 is 1.65. The standard InChI is InChI=1S/C12H18N2O2S/c1-9-7-17-8-10(9)6-14-11(15)12(13)2-4-16-5-3-12/h7-8H,2-6,13H2,1H3,(H,14,15). The Labute approximate surface area is 105 Å². The Hall–Kier alpha value is -0.910. The molecule has 0 aliphatic carbocycles. The minimum Gasteiger partial charge on any atom is -0.381 e. The van der Waals surface area contributed by atoms with E-state index in [1.807, 2.05) is 6.92 Å². The van der Waals surface area contributed by atoms with Crippen molar-refractivity contribution in [3.8, 4) is 0 Å². The number of hydrogen-bond acceptors (Lipinski definition) is 4. The number of nitrogens with two attached hydrogens (primary N) is 1. The molecule has 0 saturated carbocycles. The summed E-state index contributed by atoms with van der Waals surface area (Å²) in [6.45, 7) is 3.75. The topological polar surface area (TPSA) is 64.4 Å². The molecule has 1 aromatic rings. The van der Waals surface area contributed by atoms with Gasteiger partial charge in [0.05, 0.1) is 5.54 Å². The number of hydrogen-bond donors (Lipinski definition) is 2. The first-order valence-electron chi connectivity index (χ1n) is 5.78. The molecule has 1 aliphatic rings. The Morgan fingerprint density at radius 2 is 2.24 bits per heavy atom. The molecule has 0 spiro atoms. The summed E-state index contributed by atoms with van der Waals surface area (Å²) in [6, 6.07) is 0. The number of carbonyl (C=O) groups is 1. The van der Waals surface area contributed by atoms with Crippen LogP contribution in [0.2, 0.25) is 0 Å². The maximum atomic E-state index is 12.0. The van der Waals surface area contributed by atoms with Crippen LogP contribution in [0.25, 0.3) is 0 Å². The fourth-order valence-electron chi connectivity index (χ4n) is 1.88. The van der Waals surface area contributed by atoms with Crippen LogP contribution in [0.3, 0.4) is 0 Å². The first kappa shape index (κ1) is 12.5. The summed E-state index contributed by atoms with van der Waals surface area (Å²) in [4.78, 5) is 12.0. The molecule has 5 heteroatoms. The summed E-state index contributed by atoms with van der Waals surface area (Å²) in [5.41, 5.74) is 7.72. The molecule has 0 radical (unpaired) electrons. The molecule has 0 unspecified atom stereocenters. The molecule has 1 aromatic heterocycles. The summed E-state index contributed by atoms with van der Waals surface area (Å²) in [5.74, 6) is -0.0635. The molecular weight excluding hydrogens is 236 g/mol. The zero-order chi connectivity index (χ0) is 12.3. The van der Waals surface area contributed by atoms with E-state index in [0.717, 1.165) is 0 Å². The highest BCUT2D eigenvalue weighted by Crippen LogP contribution is 2.18. The van der Waals surface area contributed by atoms with Gasteiger partial charge in [-0.05, 0) is 41.7 Å². The molecule has 3 N–H and O–H groups in total. The van der Waals surface area contributed by atoms with Crippen molar-refractivity contribution in [1.29, 1.82) is 0 Å². The number of nitrogens with one attached hydrogen (secondary N) is 1. The Balaban J connectivity index is 1.91. The number of amides is 1. The second-order valence-electron chi connectivity index (χ2n) is 4.53.